The third kappa shape index (κ3) is 8.63. The van der Waals surface area contributed by atoms with E-state index in [1.807, 2.05) is 12.2 Å². The molecule has 5 heteroatoms. The van der Waals surface area contributed by atoms with Crippen LogP contribution in [-0.2, 0) is 9.59 Å². The fraction of sp³-hybridized carbons (Fsp3) is 0.800. The average Bonchev–Trinajstić information content (AvgIpc) is 2.82. The fourth-order valence-electron chi connectivity index (χ4n) is 3.67. The second kappa shape index (κ2) is 12.2. The van der Waals surface area contributed by atoms with E-state index in [9.17, 15) is 19.8 Å². The van der Waals surface area contributed by atoms with Gasteiger partial charge >= 0.3 is 5.97 Å². The van der Waals surface area contributed by atoms with Gasteiger partial charge in [-0.25, -0.2) is 0 Å². The zero-order chi connectivity index (χ0) is 18.7. The predicted octanol–water partition coefficient (Wildman–Crippen LogP) is 3.48. The van der Waals surface area contributed by atoms with Gasteiger partial charge in [-0.15, -0.1) is 0 Å². The largest absolute Gasteiger partial charge is 0.481 e. The zero-order valence-electron chi connectivity index (χ0n) is 15.4. The van der Waals surface area contributed by atoms with Gasteiger partial charge in [0.2, 0.25) is 0 Å². The van der Waals surface area contributed by atoms with E-state index >= 15 is 0 Å². The van der Waals surface area contributed by atoms with Gasteiger partial charge in [0.25, 0.3) is 0 Å². The Bertz CT molecular complexity index is 432. The SMILES string of the molecule is CCCCCC(=O)CCC1C(O)CC(O)C1C/C=C/CCCC(=O)O. The van der Waals surface area contributed by atoms with Crippen molar-refractivity contribution in [1.29, 1.82) is 0 Å². The van der Waals surface area contributed by atoms with Crippen LogP contribution in [0.15, 0.2) is 12.2 Å². The molecule has 0 aromatic heterocycles. The van der Waals surface area contributed by atoms with Gasteiger partial charge in [-0.3, -0.25) is 9.59 Å². The third-order valence-electron chi connectivity index (χ3n) is 5.17. The first-order chi connectivity index (χ1) is 12.0. The van der Waals surface area contributed by atoms with Crippen LogP contribution in [-0.4, -0.2) is 39.3 Å². The van der Waals surface area contributed by atoms with Gasteiger partial charge in [-0.05, 0) is 50.4 Å². The normalized spacial score (nSPS) is 26.4. The molecule has 0 aromatic carbocycles. The van der Waals surface area contributed by atoms with Crippen molar-refractivity contribution >= 4 is 11.8 Å². The Morgan fingerprint density at radius 1 is 0.960 bits per heavy atom. The molecule has 1 aliphatic carbocycles. The van der Waals surface area contributed by atoms with Crippen molar-refractivity contribution < 1.29 is 24.9 Å². The number of carbonyl (C=O) groups excluding carboxylic acids is 1. The number of aliphatic carboxylic acids is 1. The van der Waals surface area contributed by atoms with Gasteiger partial charge in [0.15, 0.2) is 0 Å². The molecule has 0 spiro atoms. The number of hydrogen-bond acceptors (Lipinski definition) is 4. The van der Waals surface area contributed by atoms with Crippen LogP contribution in [0.4, 0.5) is 0 Å². The van der Waals surface area contributed by atoms with Gasteiger partial charge in [-0.2, -0.15) is 0 Å². The van der Waals surface area contributed by atoms with Gasteiger partial charge in [0.05, 0.1) is 12.2 Å². The molecule has 25 heavy (non-hydrogen) atoms. The highest BCUT2D eigenvalue weighted by Gasteiger charge is 2.40. The third-order valence-corrected chi connectivity index (χ3v) is 5.17. The number of rotatable bonds is 13. The zero-order valence-corrected chi connectivity index (χ0v) is 15.4. The highest BCUT2D eigenvalue weighted by atomic mass is 16.4. The number of ketones is 1. The molecular weight excluding hydrogens is 320 g/mol. The number of hydrogen-bond donors (Lipinski definition) is 3. The number of unbranched alkanes of at least 4 members (excludes halogenated alkanes) is 3. The Morgan fingerprint density at radius 3 is 2.36 bits per heavy atom. The van der Waals surface area contributed by atoms with E-state index < -0.39 is 18.2 Å². The lowest BCUT2D eigenvalue weighted by molar-refractivity contribution is -0.137. The molecule has 1 rings (SSSR count). The van der Waals surface area contributed by atoms with Crippen molar-refractivity contribution in [3.05, 3.63) is 12.2 Å². The molecule has 0 bridgehead atoms. The summed E-state index contributed by atoms with van der Waals surface area (Å²) in [5.74, 6) is -0.584. The van der Waals surface area contributed by atoms with E-state index in [1.165, 1.54) is 0 Å². The second-order valence-corrected chi connectivity index (χ2v) is 7.23. The highest BCUT2D eigenvalue weighted by Crippen LogP contribution is 2.38. The minimum absolute atomic E-state index is 0.0193. The highest BCUT2D eigenvalue weighted by molar-refractivity contribution is 5.78. The maximum atomic E-state index is 12.0. The summed E-state index contributed by atoms with van der Waals surface area (Å²) in [6, 6.07) is 0. The lowest BCUT2D eigenvalue weighted by Gasteiger charge is -2.22. The van der Waals surface area contributed by atoms with Crippen LogP contribution in [0.5, 0.6) is 0 Å². The summed E-state index contributed by atoms with van der Waals surface area (Å²) < 4.78 is 0. The van der Waals surface area contributed by atoms with E-state index in [2.05, 4.69) is 6.92 Å². The van der Waals surface area contributed by atoms with Crippen LogP contribution < -0.4 is 0 Å². The van der Waals surface area contributed by atoms with Crippen LogP contribution in [0, 0.1) is 11.8 Å². The summed E-state index contributed by atoms with van der Waals surface area (Å²) in [5, 5.41) is 29.0. The van der Waals surface area contributed by atoms with Crippen molar-refractivity contribution in [3.8, 4) is 0 Å². The molecule has 0 amide bonds. The summed E-state index contributed by atoms with van der Waals surface area (Å²) in [4.78, 5) is 22.4. The molecule has 1 aliphatic rings. The quantitative estimate of drug-likeness (QED) is 0.348. The molecule has 3 N–H and O–H groups in total. The molecule has 0 saturated heterocycles. The molecule has 4 unspecified atom stereocenters. The predicted molar refractivity (Wildman–Crippen MR) is 97.2 cm³/mol. The molecule has 4 atom stereocenters. The van der Waals surface area contributed by atoms with Crippen molar-refractivity contribution in [2.75, 3.05) is 0 Å². The van der Waals surface area contributed by atoms with Gasteiger partial charge in [0, 0.05) is 19.3 Å². The fourth-order valence-corrected chi connectivity index (χ4v) is 3.67. The van der Waals surface area contributed by atoms with Crippen LogP contribution in [0.25, 0.3) is 0 Å². The maximum Gasteiger partial charge on any atom is 0.303 e. The molecule has 144 valence electrons. The Hall–Kier alpha value is -1.20. The van der Waals surface area contributed by atoms with Crippen LogP contribution >= 0.6 is 0 Å². The number of carbonyl (C=O) groups is 2. The van der Waals surface area contributed by atoms with Crippen LogP contribution in [0.1, 0.15) is 77.6 Å². The molecule has 1 saturated carbocycles. The van der Waals surface area contributed by atoms with Crippen LogP contribution in [0.2, 0.25) is 0 Å². The molecule has 0 aliphatic heterocycles. The van der Waals surface area contributed by atoms with E-state index in [0.29, 0.717) is 44.9 Å². The second-order valence-electron chi connectivity index (χ2n) is 7.23. The Balaban J connectivity index is 2.38. The lowest BCUT2D eigenvalue weighted by Crippen LogP contribution is -2.22. The molecule has 0 heterocycles. The molecule has 0 radical (unpaired) electrons. The maximum absolute atomic E-state index is 12.0. The summed E-state index contributed by atoms with van der Waals surface area (Å²) in [6.07, 6.45) is 10.2. The number of aliphatic hydroxyl groups is 2. The molecular formula is C20H34O5. The summed E-state index contributed by atoms with van der Waals surface area (Å²) >= 11 is 0. The van der Waals surface area contributed by atoms with E-state index in [1.54, 1.807) is 0 Å². The topological polar surface area (TPSA) is 94.8 Å². The number of carboxylic acids is 1. The Kier molecular flexibility index (Phi) is 10.7. The number of aliphatic hydroxyl groups excluding tert-OH is 2. The Morgan fingerprint density at radius 2 is 1.68 bits per heavy atom. The van der Waals surface area contributed by atoms with Crippen LogP contribution in [0.3, 0.4) is 0 Å². The van der Waals surface area contributed by atoms with Gasteiger partial charge < -0.3 is 15.3 Å². The van der Waals surface area contributed by atoms with Crippen molar-refractivity contribution in [3.63, 3.8) is 0 Å². The van der Waals surface area contributed by atoms with Crippen molar-refractivity contribution in [1.82, 2.24) is 0 Å². The average molecular weight is 354 g/mol. The first-order valence-electron chi connectivity index (χ1n) is 9.70. The molecule has 0 aromatic rings. The lowest BCUT2D eigenvalue weighted by atomic mass is 9.86. The van der Waals surface area contributed by atoms with E-state index in [-0.39, 0.29) is 24.0 Å². The van der Waals surface area contributed by atoms with Gasteiger partial charge in [0.1, 0.15) is 5.78 Å². The Labute approximate surface area is 151 Å². The first kappa shape index (κ1) is 21.8. The number of Topliss-reactive ketones (excluding diaryl/α,β-unsaturated/α-hetero) is 1. The summed E-state index contributed by atoms with van der Waals surface area (Å²) in [7, 11) is 0. The minimum atomic E-state index is -0.786. The minimum Gasteiger partial charge on any atom is -0.481 e. The summed E-state index contributed by atoms with van der Waals surface area (Å²) in [6.45, 7) is 2.11. The van der Waals surface area contributed by atoms with E-state index in [4.69, 9.17) is 5.11 Å². The van der Waals surface area contributed by atoms with Gasteiger partial charge in [-0.1, -0.05) is 31.9 Å². The first-order valence-corrected chi connectivity index (χ1v) is 9.70. The van der Waals surface area contributed by atoms with Crippen molar-refractivity contribution in [2.45, 2.75) is 89.8 Å². The van der Waals surface area contributed by atoms with Crippen molar-refractivity contribution in [2.24, 2.45) is 11.8 Å². The monoisotopic (exact) mass is 354 g/mol. The standard InChI is InChI=1S/C20H34O5/c1-2-3-6-9-15(21)12-13-17-16(18(22)14-19(17)23)10-7-4-5-8-11-20(24)25/h4,7,16-19,22-23H,2-3,5-6,8-14H2,1H3,(H,24,25)/b7-4+. The smallest absolute Gasteiger partial charge is 0.303 e. The molecule has 5 nitrogen and oxygen atoms in total. The number of carboxylic acid groups (broad SMARTS) is 1. The van der Waals surface area contributed by atoms with E-state index in [0.717, 1.165) is 19.3 Å². The molecule has 1 fully saturated rings. The number of allylic oxidation sites excluding steroid dienone is 2. The summed E-state index contributed by atoms with van der Waals surface area (Å²) in [5.41, 5.74) is 0.